The van der Waals surface area contributed by atoms with Gasteiger partial charge in [-0.3, -0.25) is 15.1 Å². The molecule has 2 aromatic heterocycles. The van der Waals surface area contributed by atoms with Crippen molar-refractivity contribution in [1.82, 2.24) is 9.97 Å². The standard InChI is InChI=1S/C16H12FN3OS/c1-10-5-6-11(17)8-12(10)15(21)20-16-19-14(9-22-16)13-4-2-3-7-18-13/h2-9H,1H3,(H,19,20,21). The Labute approximate surface area is 130 Å². The highest BCUT2D eigenvalue weighted by Crippen LogP contribution is 2.24. The van der Waals surface area contributed by atoms with Gasteiger partial charge in [0.25, 0.3) is 5.91 Å². The van der Waals surface area contributed by atoms with Crippen molar-refractivity contribution in [1.29, 1.82) is 0 Å². The number of hydrogen-bond acceptors (Lipinski definition) is 4. The Kier molecular flexibility index (Phi) is 3.93. The minimum absolute atomic E-state index is 0.301. The first-order valence-electron chi connectivity index (χ1n) is 6.58. The lowest BCUT2D eigenvalue weighted by atomic mass is 10.1. The number of hydrogen-bond donors (Lipinski definition) is 1. The second-order valence-electron chi connectivity index (χ2n) is 4.67. The molecule has 0 spiro atoms. The van der Waals surface area contributed by atoms with Gasteiger partial charge in [-0.05, 0) is 36.8 Å². The molecule has 3 aromatic rings. The molecule has 0 bridgehead atoms. The maximum absolute atomic E-state index is 13.3. The molecule has 0 saturated carbocycles. The molecule has 0 aliphatic rings. The van der Waals surface area contributed by atoms with Crippen LogP contribution in [0.25, 0.3) is 11.4 Å². The van der Waals surface area contributed by atoms with Crippen LogP contribution in [-0.4, -0.2) is 15.9 Å². The van der Waals surface area contributed by atoms with Gasteiger partial charge in [-0.2, -0.15) is 0 Å². The van der Waals surface area contributed by atoms with E-state index in [4.69, 9.17) is 0 Å². The van der Waals surface area contributed by atoms with Crippen LogP contribution in [0.2, 0.25) is 0 Å². The number of carbonyl (C=O) groups is 1. The van der Waals surface area contributed by atoms with Gasteiger partial charge in [0.2, 0.25) is 0 Å². The summed E-state index contributed by atoms with van der Waals surface area (Å²) in [5, 5.41) is 4.96. The Balaban J connectivity index is 1.81. The van der Waals surface area contributed by atoms with Gasteiger partial charge in [0.05, 0.1) is 5.69 Å². The lowest BCUT2D eigenvalue weighted by molar-refractivity contribution is 0.102. The Morgan fingerprint density at radius 2 is 2.09 bits per heavy atom. The maximum atomic E-state index is 13.3. The van der Waals surface area contributed by atoms with E-state index in [-0.39, 0.29) is 5.91 Å². The van der Waals surface area contributed by atoms with Gasteiger partial charge in [-0.15, -0.1) is 11.3 Å². The number of nitrogens with zero attached hydrogens (tertiary/aromatic N) is 2. The number of nitrogens with one attached hydrogen (secondary N) is 1. The summed E-state index contributed by atoms with van der Waals surface area (Å²) in [6, 6.07) is 9.66. The molecule has 3 rings (SSSR count). The molecule has 2 heterocycles. The van der Waals surface area contributed by atoms with Gasteiger partial charge in [-0.1, -0.05) is 12.1 Å². The maximum Gasteiger partial charge on any atom is 0.257 e. The lowest BCUT2D eigenvalue weighted by Crippen LogP contribution is -2.13. The third-order valence-electron chi connectivity index (χ3n) is 3.10. The van der Waals surface area contributed by atoms with E-state index in [0.29, 0.717) is 22.0 Å². The highest BCUT2D eigenvalue weighted by molar-refractivity contribution is 7.14. The van der Waals surface area contributed by atoms with Gasteiger partial charge in [0.15, 0.2) is 5.13 Å². The number of pyridine rings is 1. The third kappa shape index (κ3) is 3.01. The first-order chi connectivity index (χ1) is 10.6. The summed E-state index contributed by atoms with van der Waals surface area (Å²) in [6.45, 7) is 1.76. The molecule has 0 radical (unpaired) electrons. The van der Waals surface area contributed by atoms with E-state index in [1.165, 1.54) is 23.5 Å². The Hall–Kier alpha value is -2.60. The summed E-state index contributed by atoms with van der Waals surface area (Å²) >= 11 is 1.30. The van der Waals surface area contributed by atoms with Crippen molar-refractivity contribution in [3.05, 3.63) is 64.9 Å². The van der Waals surface area contributed by atoms with Crippen molar-refractivity contribution in [2.75, 3.05) is 5.32 Å². The number of amides is 1. The predicted octanol–water partition coefficient (Wildman–Crippen LogP) is 3.90. The fraction of sp³-hybridized carbons (Fsp3) is 0.0625. The topological polar surface area (TPSA) is 54.9 Å². The van der Waals surface area contributed by atoms with E-state index in [2.05, 4.69) is 15.3 Å². The third-order valence-corrected chi connectivity index (χ3v) is 3.85. The second kappa shape index (κ2) is 6.03. The Bertz CT molecular complexity index is 817. The largest absolute Gasteiger partial charge is 0.298 e. The minimum atomic E-state index is -0.441. The van der Waals surface area contributed by atoms with Gasteiger partial charge < -0.3 is 0 Å². The Morgan fingerprint density at radius 1 is 1.23 bits per heavy atom. The average molecular weight is 313 g/mol. The predicted molar refractivity (Wildman–Crippen MR) is 84.4 cm³/mol. The van der Waals surface area contributed by atoms with Crippen LogP contribution in [0, 0.1) is 12.7 Å². The van der Waals surface area contributed by atoms with Gasteiger partial charge in [0.1, 0.15) is 11.5 Å². The van der Waals surface area contributed by atoms with E-state index in [1.54, 1.807) is 19.2 Å². The molecule has 4 nitrogen and oxygen atoms in total. The summed E-state index contributed by atoms with van der Waals surface area (Å²) < 4.78 is 13.3. The summed E-state index contributed by atoms with van der Waals surface area (Å²) in [5.41, 5.74) is 2.44. The molecule has 0 aliphatic heterocycles. The number of anilines is 1. The molecule has 22 heavy (non-hydrogen) atoms. The number of thiazole rings is 1. The fourth-order valence-corrected chi connectivity index (χ4v) is 2.67. The van der Waals surface area contributed by atoms with Crippen molar-refractivity contribution in [2.24, 2.45) is 0 Å². The molecule has 110 valence electrons. The molecule has 0 saturated heterocycles. The molecule has 0 unspecified atom stereocenters. The van der Waals surface area contributed by atoms with Crippen molar-refractivity contribution < 1.29 is 9.18 Å². The zero-order valence-corrected chi connectivity index (χ0v) is 12.5. The summed E-state index contributed by atoms with van der Waals surface area (Å²) in [6.07, 6.45) is 1.68. The monoisotopic (exact) mass is 313 g/mol. The van der Waals surface area contributed by atoms with Crippen LogP contribution in [0.1, 0.15) is 15.9 Å². The van der Waals surface area contributed by atoms with Crippen LogP contribution >= 0.6 is 11.3 Å². The van der Waals surface area contributed by atoms with Gasteiger partial charge in [0, 0.05) is 17.1 Å². The van der Waals surface area contributed by atoms with Crippen molar-refractivity contribution >= 4 is 22.4 Å². The first kappa shape index (κ1) is 14.3. The highest BCUT2D eigenvalue weighted by atomic mass is 32.1. The van der Waals surface area contributed by atoms with E-state index < -0.39 is 5.82 Å². The molecule has 1 amide bonds. The molecule has 0 aliphatic carbocycles. The van der Waals surface area contributed by atoms with Crippen molar-refractivity contribution in [3.8, 4) is 11.4 Å². The van der Waals surface area contributed by atoms with Crippen LogP contribution < -0.4 is 5.32 Å². The van der Waals surface area contributed by atoms with Crippen LogP contribution in [0.4, 0.5) is 9.52 Å². The zero-order chi connectivity index (χ0) is 15.5. The average Bonchev–Trinajstić information content (AvgIpc) is 2.99. The first-order valence-corrected chi connectivity index (χ1v) is 7.46. The number of benzene rings is 1. The summed E-state index contributed by atoms with van der Waals surface area (Å²) in [7, 11) is 0. The van der Waals surface area contributed by atoms with Crippen molar-refractivity contribution in [2.45, 2.75) is 6.92 Å². The molecular weight excluding hydrogens is 301 g/mol. The van der Waals surface area contributed by atoms with E-state index in [9.17, 15) is 9.18 Å². The minimum Gasteiger partial charge on any atom is -0.298 e. The number of rotatable bonds is 3. The van der Waals surface area contributed by atoms with Gasteiger partial charge >= 0.3 is 0 Å². The second-order valence-corrected chi connectivity index (χ2v) is 5.52. The lowest BCUT2D eigenvalue weighted by Gasteiger charge is -2.05. The van der Waals surface area contributed by atoms with Crippen LogP contribution in [0.5, 0.6) is 0 Å². The van der Waals surface area contributed by atoms with Gasteiger partial charge in [-0.25, -0.2) is 9.37 Å². The Morgan fingerprint density at radius 3 is 2.86 bits per heavy atom. The number of halogens is 1. The van der Waals surface area contributed by atoms with Crippen LogP contribution in [-0.2, 0) is 0 Å². The quantitative estimate of drug-likeness (QED) is 0.797. The zero-order valence-electron chi connectivity index (χ0n) is 11.7. The molecule has 0 atom stereocenters. The normalized spacial score (nSPS) is 10.5. The number of aryl methyl sites for hydroxylation is 1. The molecule has 6 heteroatoms. The van der Waals surface area contributed by atoms with Crippen LogP contribution in [0.3, 0.4) is 0 Å². The number of aromatic nitrogens is 2. The molecule has 1 N–H and O–H groups in total. The molecule has 1 aromatic carbocycles. The van der Waals surface area contributed by atoms with E-state index in [0.717, 1.165) is 5.69 Å². The summed E-state index contributed by atoms with van der Waals surface area (Å²) in [4.78, 5) is 20.7. The van der Waals surface area contributed by atoms with Crippen LogP contribution in [0.15, 0.2) is 48.0 Å². The van der Waals surface area contributed by atoms with Crippen molar-refractivity contribution in [3.63, 3.8) is 0 Å². The molecule has 0 fully saturated rings. The summed E-state index contributed by atoms with van der Waals surface area (Å²) in [5.74, 6) is -0.817. The van der Waals surface area contributed by atoms with E-state index >= 15 is 0 Å². The fourth-order valence-electron chi connectivity index (χ4n) is 1.97. The smallest absolute Gasteiger partial charge is 0.257 e. The highest BCUT2D eigenvalue weighted by Gasteiger charge is 2.13. The SMILES string of the molecule is Cc1ccc(F)cc1C(=O)Nc1nc(-c2ccccn2)cs1. The molecular formula is C16H12FN3OS. The number of carbonyl (C=O) groups excluding carboxylic acids is 1. The van der Waals surface area contributed by atoms with E-state index in [1.807, 2.05) is 23.6 Å².